The molecule has 3 heteroatoms. The molecule has 0 aliphatic heterocycles. The number of Topliss-reactive ketones (excluding diaryl/α,β-unsaturated/α-hetero) is 1. The van der Waals surface area contributed by atoms with Crippen LogP contribution in [0.3, 0.4) is 0 Å². The normalized spacial score (nSPS) is 16.4. The zero-order valence-corrected chi connectivity index (χ0v) is 12.8. The summed E-state index contributed by atoms with van der Waals surface area (Å²) in [7, 11) is 1.98. The predicted molar refractivity (Wildman–Crippen MR) is 81.1 cm³/mol. The highest BCUT2D eigenvalue weighted by atomic mass is 16.5. The lowest BCUT2D eigenvalue weighted by Crippen LogP contribution is -2.38. The van der Waals surface area contributed by atoms with Crippen LogP contribution in [0.2, 0.25) is 0 Å². The van der Waals surface area contributed by atoms with Crippen molar-refractivity contribution in [3.63, 3.8) is 0 Å². The summed E-state index contributed by atoms with van der Waals surface area (Å²) in [6.07, 6.45) is 2.64. The van der Waals surface area contributed by atoms with Crippen LogP contribution >= 0.6 is 0 Å². The zero-order chi connectivity index (χ0) is 14.5. The summed E-state index contributed by atoms with van der Waals surface area (Å²) in [4.78, 5) is 14.4. The van der Waals surface area contributed by atoms with Gasteiger partial charge in [0, 0.05) is 18.7 Å². The molecule has 1 aliphatic carbocycles. The lowest BCUT2D eigenvalue weighted by molar-refractivity contribution is 0.0749. The number of nitrogens with zero attached hydrogens (tertiary/aromatic N) is 1. The molecule has 0 N–H and O–H groups in total. The fraction of sp³-hybridized carbons (Fsp3) is 0.588. The number of hydrogen-bond acceptors (Lipinski definition) is 3. The fourth-order valence-electron chi connectivity index (χ4n) is 2.10. The second-order valence-corrected chi connectivity index (χ2v) is 5.91. The Hall–Kier alpha value is -1.19. The van der Waals surface area contributed by atoms with Gasteiger partial charge in [0.2, 0.25) is 0 Å². The van der Waals surface area contributed by atoms with E-state index in [0.29, 0.717) is 6.61 Å². The number of likely N-dealkylation sites (N-methyl/N-ethyl adjacent to an activating group) is 1. The topological polar surface area (TPSA) is 29.5 Å². The molecule has 0 bridgehead atoms. The molecule has 1 saturated carbocycles. The first-order chi connectivity index (χ1) is 9.58. The lowest BCUT2D eigenvalue weighted by Gasteiger charge is -2.23. The van der Waals surface area contributed by atoms with E-state index < -0.39 is 0 Å². The van der Waals surface area contributed by atoms with Gasteiger partial charge >= 0.3 is 0 Å². The minimum absolute atomic E-state index is 0.109. The molecule has 0 aromatic heterocycles. The van der Waals surface area contributed by atoms with E-state index in [9.17, 15) is 4.79 Å². The van der Waals surface area contributed by atoms with Gasteiger partial charge in [0.05, 0.1) is 12.6 Å². The summed E-state index contributed by atoms with van der Waals surface area (Å²) in [6.45, 7) is 6.38. The van der Waals surface area contributed by atoms with E-state index in [-0.39, 0.29) is 11.8 Å². The quantitative estimate of drug-likeness (QED) is 0.539. The molecular weight excluding hydrogens is 250 g/mol. The Labute approximate surface area is 121 Å². The Morgan fingerprint density at radius 2 is 2.00 bits per heavy atom. The Kier molecular flexibility index (Phi) is 5.32. The number of hydrogen-bond donors (Lipinski definition) is 0. The maximum atomic E-state index is 12.4. The highest BCUT2D eigenvalue weighted by Crippen LogP contribution is 2.28. The molecule has 1 fully saturated rings. The number of ketones is 1. The highest BCUT2D eigenvalue weighted by molar-refractivity contribution is 5.99. The van der Waals surface area contributed by atoms with Crippen LogP contribution in [0.25, 0.3) is 0 Å². The minimum Gasteiger partial charge on any atom is -0.380 e. The third-order valence-electron chi connectivity index (χ3n) is 4.02. The van der Waals surface area contributed by atoms with Gasteiger partial charge < -0.3 is 4.74 Å². The second-order valence-electron chi connectivity index (χ2n) is 5.91. The molecule has 0 spiro atoms. The maximum absolute atomic E-state index is 12.4. The average molecular weight is 275 g/mol. The van der Waals surface area contributed by atoms with Crippen molar-refractivity contribution in [2.24, 2.45) is 5.92 Å². The first-order valence-electron chi connectivity index (χ1n) is 7.47. The van der Waals surface area contributed by atoms with Crippen LogP contribution in [-0.4, -0.2) is 43.5 Å². The summed E-state index contributed by atoms with van der Waals surface area (Å²) in [5.74, 6) is 0.974. The second kappa shape index (κ2) is 7.00. The lowest BCUT2D eigenvalue weighted by atomic mass is 10.0. The first-order valence-corrected chi connectivity index (χ1v) is 7.47. The molecule has 1 aliphatic rings. The number of carbonyl (C=O) groups is 1. The molecule has 110 valence electrons. The standard InChI is InChI=1S/C17H25NO2/c1-13-4-8-16(9-5-13)17(19)14(2)18(3)10-11-20-12-15-6-7-15/h4-5,8-9,14-15H,6-7,10-12H2,1-3H3. The largest absolute Gasteiger partial charge is 0.380 e. The smallest absolute Gasteiger partial charge is 0.179 e. The summed E-state index contributed by atoms with van der Waals surface area (Å²) < 4.78 is 5.63. The van der Waals surface area contributed by atoms with E-state index in [2.05, 4.69) is 4.90 Å². The van der Waals surface area contributed by atoms with Crippen LogP contribution in [0.1, 0.15) is 35.7 Å². The first kappa shape index (κ1) is 15.2. The van der Waals surface area contributed by atoms with Crippen LogP contribution in [0.5, 0.6) is 0 Å². The zero-order valence-electron chi connectivity index (χ0n) is 12.8. The van der Waals surface area contributed by atoms with E-state index in [1.807, 2.05) is 45.2 Å². The number of benzene rings is 1. The molecule has 1 unspecified atom stereocenters. The number of carbonyl (C=O) groups excluding carboxylic acids is 1. The van der Waals surface area contributed by atoms with Gasteiger partial charge in [-0.15, -0.1) is 0 Å². The summed E-state index contributed by atoms with van der Waals surface area (Å²) in [5, 5.41) is 0. The van der Waals surface area contributed by atoms with Crippen molar-refractivity contribution in [1.82, 2.24) is 4.90 Å². The molecule has 3 nitrogen and oxygen atoms in total. The molecular formula is C17H25NO2. The van der Waals surface area contributed by atoms with Gasteiger partial charge in [0.1, 0.15) is 0 Å². The molecule has 20 heavy (non-hydrogen) atoms. The van der Waals surface area contributed by atoms with Crippen molar-refractivity contribution in [3.05, 3.63) is 35.4 Å². The maximum Gasteiger partial charge on any atom is 0.179 e. The van der Waals surface area contributed by atoms with Crippen molar-refractivity contribution >= 4 is 5.78 Å². The monoisotopic (exact) mass is 275 g/mol. The van der Waals surface area contributed by atoms with E-state index in [4.69, 9.17) is 4.74 Å². The van der Waals surface area contributed by atoms with Crippen molar-refractivity contribution in [3.8, 4) is 0 Å². The van der Waals surface area contributed by atoms with Crippen LogP contribution in [0.15, 0.2) is 24.3 Å². The van der Waals surface area contributed by atoms with Gasteiger partial charge in [0.25, 0.3) is 0 Å². The van der Waals surface area contributed by atoms with Crippen LogP contribution < -0.4 is 0 Å². The van der Waals surface area contributed by atoms with Crippen LogP contribution in [0.4, 0.5) is 0 Å². The van der Waals surface area contributed by atoms with Crippen molar-refractivity contribution in [2.75, 3.05) is 26.8 Å². The van der Waals surface area contributed by atoms with E-state index in [0.717, 1.165) is 24.6 Å². The molecule has 0 amide bonds. The SMILES string of the molecule is Cc1ccc(C(=O)C(C)N(C)CCOCC2CC2)cc1. The molecule has 1 aromatic carbocycles. The number of rotatable bonds is 8. The molecule has 0 saturated heterocycles. The number of aryl methyl sites for hydroxylation is 1. The fourth-order valence-corrected chi connectivity index (χ4v) is 2.10. The van der Waals surface area contributed by atoms with Crippen LogP contribution in [-0.2, 0) is 4.74 Å². The minimum atomic E-state index is -0.109. The van der Waals surface area contributed by atoms with Crippen molar-refractivity contribution in [1.29, 1.82) is 0 Å². The van der Waals surface area contributed by atoms with Crippen molar-refractivity contribution < 1.29 is 9.53 Å². The Morgan fingerprint density at radius 3 is 2.60 bits per heavy atom. The van der Waals surface area contributed by atoms with E-state index >= 15 is 0 Å². The Bertz CT molecular complexity index is 437. The van der Waals surface area contributed by atoms with Gasteiger partial charge in [-0.25, -0.2) is 0 Å². The third kappa shape index (κ3) is 4.43. The predicted octanol–water partition coefficient (Wildman–Crippen LogP) is 2.92. The molecule has 1 atom stereocenters. The van der Waals surface area contributed by atoms with Crippen molar-refractivity contribution in [2.45, 2.75) is 32.7 Å². The summed E-state index contributed by atoms with van der Waals surface area (Å²) >= 11 is 0. The summed E-state index contributed by atoms with van der Waals surface area (Å²) in [6, 6.07) is 7.68. The molecule has 0 heterocycles. The number of ether oxygens (including phenoxy) is 1. The van der Waals surface area contributed by atoms with Crippen LogP contribution in [0, 0.1) is 12.8 Å². The average Bonchev–Trinajstić information content (AvgIpc) is 3.26. The summed E-state index contributed by atoms with van der Waals surface area (Å²) in [5.41, 5.74) is 1.96. The van der Waals surface area contributed by atoms with E-state index in [1.54, 1.807) is 0 Å². The molecule has 0 radical (unpaired) electrons. The van der Waals surface area contributed by atoms with Gasteiger partial charge in [-0.05, 0) is 39.7 Å². The molecule has 1 aromatic rings. The van der Waals surface area contributed by atoms with E-state index in [1.165, 1.54) is 18.4 Å². The van der Waals surface area contributed by atoms with Gasteiger partial charge in [-0.2, -0.15) is 0 Å². The Balaban J connectivity index is 1.77. The van der Waals surface area contributed by atoms with Gasteiger partial charge in [-0.3, -0.25) is 9.69 Å². The highest BCUT2D eigenvalue weighted by Gasteiger charge is 2.22. The van der Waals surface area contributed by atoms with Gasteiger partial charge in [-0.1, -0.05) is 29.8 Å². The third-order valence-corrected chi connectivity index (χ3v) is 4.02. The van der Waals surface area contributed by atoms with Gasteiger partial charge in [0.15, 0.2) is 5.78 Å². The molecule has 2 rings (SSSR count). The Morgan fingerprint density at radius 1 is 1.35 bits per heavy atom.